The molecule has 0 bridgehead atoms. The minimum Gasteiger partial charge on any atom is -0.423 e. The van der Waals surface area contributed by atoms with Crippen molar-refractivity contribution in [2.24, 2.45) is 0 Å². The molecule has 0 amide bonds. The number of ether oxygens (including phenoxy) is 1. The second kappa shape index (κ2) is 6.17. The van der Waals surface area contributed by atoms with E-state index in [1.165, 1.54) is 18.2 Å². The molecule has 0 spiro atoms. The number of rotatable bonds is 4. The third-order valence-electron chi connectivity index (χ3n) is 2.61. The lowest BCUT2D eigenvalue weighted by Gasteiger charge is -2.06. The van der Waals surface area contributed by atoms with Crippen LogP contribution in [0, 0.1) is 0 Å². The van der Waals surface area contributed by atoms with Gasteiger partial charge in [0.2, 0.25) is 0 Å². The van der Waals surface area contributed by atoms with E-state index in [9.17, 15) is 9.59 Å². The van der Waals surface area contributed by atoms with Crippen molar-refractivity contribution < 1.29 is 14.3 Å². The van der Waals surface area contributed by atoms with E-state index in [4.69, 9.17) is 16.3 Å². The average molecular weight is 287 g/mol. The van der Waals surface area contributed by atoms with Gasteiger partial charge in [0, 0.05) is 23.3 Å². The molecular weight excluding hydrogens is 276 g/mol. The van der Waals surface area contributed by atoms with Crippen LogP contribution in [0.3, 0.4) is 0 Å². The van der Waals surface area contributed by atoms with E-state index in [1.54, 1.807) is 24.3 Å². The van der Waals surface area contributed by atoms with Crippen molar-refractivity contribution >= 4 is 23.4 Å². The first-order valence-electron chi connectivity index (χ1n) is 5.85. The smallest absolute Gasteiger partial charge is 0.335 e. The van der Waals surface area contributed by atoms with Crippen LogP contribution in [0.15, 0.2) is 61.2 Å². The van der Waals surface area contributed by atoms with Crippen molar-refractivity contribution in [3.63, 3.8) is 0 Å². The SMILES string of the molecule is C=CC(=O)Oc1ccc(C(=O)c2ccccc2)c(Cl)c1. The first-order chi connectivity index (χ1) is 9.61. The van der Waals surface area contributed by atoms with Crippen LogP contribution in [0.4, 0.5) is 0 Å². The van der Waals surface area contributed by atoms with Gasteiger partial charge in [-0.1, -0.05) is 48.5 Å². The fraction of sp³-hybridized carbons (Fsp3) is 0. The summed E-state index contributed by atoms with van der Waals surface area (Å²) < 4.78 is 4.93. The molecule has 100 valence electrons. The molecule has 0 aromatic heterocycles. The van der Waals surface area contributed by atoms with E-state index in [2.05, 4.69) is 6.58 Å². The van der Waals surface area contributed by atoms with E-state index in [0.29, 0.717) is 11.1 Å². The van der Waals surface area contributed by atoms with Crippen LogP contribution in [-0.2, 0) is 4.79 Å². The summed E-state index contributed by atoms with van der Waals surface area (Å²) in [4.78, 5) is 23.3. The predicted octanol–water partition coefficient (Wildman–Crippen LogP) is 3.66. The monoisotopic (exact) mass is 286 g/mol. The molecule has 0 atom stereocenters. The summed E-state index contributed by atoms with van der Waals surface area (Å²) >= 11 is 6.06. The molecule has 0 saturated carbocycles. The second-order valence-electron chi connectivity index (χ2n) is 3.96. The number of ketones is 1. The number of esters is 1. The van der Waals surface area contributed by atoms with Crippen LogP contribution in [0.2, 0.25) is 5.02 Å². The van der Waals surface area contributed by atoms with Crippen LogP contribution in [-0.4, -0.2) is 11.8 Å². The zero-order chi connectivity index (χ0) is 14.5. The molecule has 0 radical (unpaired) electrons. The first-order valence-corrected chi connectivity index (χ1v) is 6.23. The molecule has 0 saturated heterocycles. The van der Waals surface area contributed by atoms with E-state index < -0.39 is 5.97 Å². The number of carbonyl (C=O) groups excluding carboxylic acids is 2. The molecule has 2 aromatic rings. The zero-order valence-corrected chi connectivity index (χ0v) is 11.3. The molecule has 20 heavy (non-hydrogen) atoms. The Morgan fingerprint density at radius 3 is 2.40 bits per heavy atom. The quantitative estimate of drug-likeness (QED) is 0.373. The Morgan fingerprint density at radius 2 is 1.80 bits per heavy atom. The van der Waals surface area contributed by atoms with E-state index in [-0.39, 0.29) is 16.6 Å². The Hall–Kier alpha value is -2.39. The van der Waals surface area contributed by atoms with Gasteiger partial charge >= 0.3 is 5.97 Å². The number of hydrogen-bond acceptors (Lipinski definition) is 3. The van der Waals surface area contributed by atoms with Gasteiger partial charge in [0.25, 0.3) is 0 Å². The van der Waals surface area contributed by atoms with E-state index in [0.717, 1.165) is 6.08 Å². The largest absolute Gasteiger partial charge is 0.423 e. The van der Waals surface area contributed by atoms with Crippen molar-refractivity contribution in [3.8, 4) is 5.75 Å². The van der Waals surface area contributed by atoms with Crippen LogP contribution in [0.5, 0.6) is 5.75 Å². The molecule has 4 heteroatoms. The van der Waals surface area contributed by atoms with Gasteiger partial charge in [-0.3, -0.25) is 4.79 Å². The van der Waals surface area contributed by atoms with Gasteiger partial charge in [-0.25, -0.2) is 4.79 Å². The molecule has 0 N–H and O–H groups in total. The normalized spacial score (nSPS) is 9.85. The molecular formula is C16H11ClO3. The molecule has 3 nitrogen and oxygen atoms in total. The summed E-state index contributed by atoms with van der Waals surface area (Å²) in [6.07, 6.45) is 1.05. The van der Waals surface area contributed by atoms with E-state index in [1.807, 2.05) is 6.07 Å². The minimum absolute atomic E-state index is 0.183. The van der Waals surface area contributed by atoms with Crippen molar-refractivity contribution in [2.75, 3.05) is 0 Å². The molecule has 0 heterocycles. The van der Waals surface area contributed by atoms with Gasteiger partial charge in [-0.05, 0) is 12.1 Å². The van der Waals surface area contributed by atoms with Crippen LogP contribution >= 0.6 is 11.6 Å². The highest BCUT2D eigenvalue weighted by Gasteiger charge is 2.13. The Bertz CT molecular complexity index is 663. The number of hydrogen-bond donors (Lipinski definition) is 0. The summed E-state index contributed by atoms with van der Waals surface area (Å²) in [6, 6.07) is 13.3. The van der Waals surface area contributed by atoms with E-state index >= 15 is 0 Å². The second-order valence-corrected chi connectivity index (χ2v) is 4.37. The van der Waals surface area contributed by atoms with Crippen molar-refractivity contribution in [3.05, 3.63) is 77.3 Å². The maximum absolute atomic E-state index is 12.2. The zero-order valence-electron chi connectivity index (χ0n) is 10.5. The van der Waals surface area contributed by atoms with Crippen LogP contribution in [0.1, 0.15) is 15.9 Å². The molecule has 2 rings (SSSR count). The molecule has 0 aliphatic carbocycles. The summed E-state index contributed by atoms with van der Waals surface area (Å²) in [5, 5.41) is 0.230. The Kier molecular flexibility index (Phi) is 4.33. The topological polar surface area (TPSA) is 43.4 Å². The standard InChI is InChI=1S/C16H11ClO3/c1-2-15(18)20-12-8-9-13(14(17)10-12)16(19)11-6-4-3-5-7-11/h2-10H,1H2. The Balaban J connectivity index is 2.28. The number of benzene rings is 2. The highest BCUT2D eigenvalue weighted by atomic mass is 35.5. The lowest BCUT2D eigenvalue weighted by atomic mass is 10.0. The minimum atomic E-state index is -0.580. The van der Waals surface area contributed by atoms with Crippen molar-refractivity contribution in [2.45, 2.75) is 0 Å². The number of halogens is 1. The summed E-state index contributed by atoms with van der Waals surface area (Å²) in [5.41, 5.74) is 0.904. The number of carbonyl (C=O) groups is 2. The van der Waals surface area contributed by atoms with Gasteiger partial charge in [0.1, 0.15) is 5.75 Å². The average Bonchev–Trinajstić information content (AvgIpc) is 2.47. The molecule has 0 unspecified atom stereocenters. The summed E-state index contributed by atoms with van der Waals surface area (Å²) in [7, 11) is 0. The van der Waals surface area contributed by atoms with Crippen LogP contribution < -0.4 is 4.74 Å². The van der Waals surface area contributed by atoms with Crippen molar-refractivity contribution in [1.82, 2.24) is 0 Å². The molecule has 0 aliphatic heterocycles. The fourth-order valence-electron chi connectivity index (χ4n) is 1.65. The molecule has 2 aromatic carbocycles. The predicted molar refractivity (Wildman–Crippen MR) is 77.2 cm³/mol. The van der Waals surface area contributed by atoms with Gasteiger partial charge in [0.15, 0.2) is 5.78 Å². The van der Waals surface area contributed by atoms with Gasteiger partial charge in [-0.15, -0.1) is 0 Å². The van der Waals surface area contributed by atoms with Gasteiger partial charge in [-0.2, -0.15) is 0 Å². The summed E-state index contributed by atoms with van der Waals surface area (Å²) in [6.45, 7) is 3.30. The summed E-state index contributed by atoms with van der Waals surface area (Å²) in [5.74, 6) is -0.495. The Morgan fingerprint density at radius 1 is 1.10 bits per heavy atom. The highest BCUT2D eigenvalue weighted by Crippen LogP contribution is 2.25. The van der Waals surface area contributed by atoms with Gasteiger partial charge in [0.05, 0.1) is 5.02 Å². The maximum Gasteiger partial charge on any atom is 0.335 e. The first kappa shape index (κ1) is 14.0. The fourth-order valence-corrected chi connectivity index (χ4v) is 1.90. The Labute approximate surface area is 121 Å². The van der Waals surface area contributed by atoms with Crippen LogP contribution in [0.25, 0.3) is 0 Å². The third kappa shape index (κ3) is 3.13. The molecule has 0 aliphatic rings. The van der Waals surface area contributed by atoms with Crippen molar-refractivity contribution in [1.29, 1.82) is 0 Å². The maximum atomic E-state index is 12.2. The molecule has 0 fully saturated rings. The van der Waals surface area contributed by atoms with Gasteiger partial charge < -0.3 is 4.74 Å². The lowest BCUT2D eigenvalue weighted by molar-refractivity contribution is -0.128. The third-order valence-corrected chi connectivity index (χ3v) is 2.92. The lowest BCUT2D eigenvalue weighted by Crippen LogP contribution is -2.05. The highest BCUT2D eigenvalue weighted by molar-refractivity contribution is 6.35.